The van der Waals surface area contributed by atoms with Gasteiger partial charge in [0, 0.05) is 17.7 Å². The third kappa shape index (κ3) is 2.95. The summed E-state index contributed by atoms with van der Waals surface area (Å²) in [6.45, 7) is 0. The van der Waals surface area contributed by atoms with Gasteiger partial charge in [0.05, 0.1) is 12.5 Å². The molecule has 2 aromatic rings. The summed E-state index contributed by atoms with van der Waals surface area (Å²) in [5.74, 6) is -6.84. The van der Waals surface area contributed by atoms with Crippen LogP contribution in [-0.4, -0.2) is 7.11 Å². The van der Waals surface area contributed by atoms with Crippen LogP contribution in [0.3, 0.4) is 0 Å². The Balaban J connectivity index is 2.52. The highest BCUT2D eigenvalue weighted by Crippen LogP contribution is 2.35. The van der Waals surface area contributed by atoms with Crippen LogP contribution >= 0.6 is 11.6 Å². The summed E-state index contributed by atoms with van der Waals surface area (Å²) in [5.41, 5.74) is -0.918. The molecule has 0 spiro atoms. The molecule has 0 aliphatic carbocycles. The van der Waals surface area contributed by atoms with E-state index in [0.29, 0.717) is 12.1 Å². The van der Waals surface area contributed by atoms with Crippen LogP contribution in [-0.2, 0) is 0 Å². The molecule has 1 unspecified atom stereocenters. The zero-order valence-corrected chi connectivity index (χ0v) is 11.3. The molecular weight excluding hydrogens is 315 g/mol. The molecular formula is C14H8ClF5O. The topological polar surface area (TPSA) is 9.23 Å². The molecule has 0 heterocycles. The summed E-state index contributed by atoms with van der Waals surface area (Å²) in [7, 11) is 1.22. The van der Waals surface area contributed by atoms with Crippen molar-refractivity contribution in [3.05, 3.63) is 64.5 Å². The first-order chi connectivity index (χ1) is 9.85. The van der Waals surface area contributed by atoms with Crippen LogP contribution in [0.15, 0.2) is 24.3 Å². The fourth-order valence-corrected chi connectivity index (χ4v) is 2.14. The number of hydrogen-bond acceptors (Lipinski definition) is 1. The Morgan fingerprint density at radius 2 is 1.33 bits per heavy atom. The van der Waals surface area contributed by atoms with Crippen molar-refractivity contribution in [1.82, 2.24) is 0 Å². The van der Waals surface area contributed by atoms with Gasteiger partial charge in [0.1, 0.15) is 17.4 Å². The van der Waals surface area contributed by atoms with Crippen molar-refractivity contribution >= 4 is 11.6 Å². The van der Waals surface area contributed by atoms with E-state index in [2.05, 4.69) is 4.74 Å². The summed E-state index contributed by atoms with van der Waals surface area (Å²) in [6, 6.07) is 2.92. The Hall–Kier alpha value is -1.82. The van der Waals surface area contributed by atoms with E-state index >= 15 is 0 Å². The zero-order chi connectivity index (χ0) is 15.7. The van der Waals surface area contributed by atoms with Crippen molar-refractivity contribution in [2.45, 2.75) is 5.38 Å². The molecule has 1 atom stereocenters. The monoisotopic (exact) mass is 322 g/mol. The van der Waals surface area contributed by atoms with Gasteiger partial charge in [0.25, 0.3) is 0 Å². The Labute approximate surface area is 121 Å². The first-order valence-electron chi connectivity index (χ1n) is 5.66. The molecule has 0 N–H and O–H groups in total. The van der Waals surface area contributed by atoms with Crippen molar-refractivity contribution < 1.29 is 26.7 Å². The average Bonchev–Trinajstić information content (AvgIpc) is 2.43. The van der Waals surface area contributed by atoms with Crippen molar-refractivity contribution in [3.63, 3.8) is 0 Å². The number of benzene rings is 2. The van der Waals surface area contributed by atoms with Gasteiger partial charge in [-0.15, -0.1) is 11.6 Å². The van der Waals surface area contributed by atoms with E-state index in [1.165, 1.54) is 7.11 Å². The van der Waals surface area contributed by atoms with Gasteiger partial charge in [-0.2, -0.15) is 0 Å². The van der Waals surface area contributed by atoms with Crippen molar-refractivity contribution in [2.24, 2.45) is 0 Å². The lowest BCUT2D eigenvalue weighted by Gasteiger charge is -2.14. The van der Waals surface area contributed by atoms with Gasteiger partial charge in [0.15, 0.2) is 17.5 Å². The molecule has 0 bridgehead atoms. The van der Waals surface area contributed by atoms with Crippen molar-refractivity contribution in [2.75, 3.05) is 7.11 Å². The third-order valence-electron chi connectivity index (χ3n) is 2.84. The molecule has 2 rings (SSSR count). The lowest BCUT2D eigenvalue weighted by Crippen LogP contribution is -2.04. The van der Waals surface area contributed by atoms with E-state index in [4.69, 9.17) is 11.6 Å². The smallest absolute Gasteiger partial charge is 0.194 e. The maximum atomic E-state index is 13.8. The Bertz CT molecular complexity index is 643. The van der Waals surface area contributed by atoms with E-state index in [-0.39, 0.29) is 11.3 Å². The molecule has 112 valence electrons. The summed E-state index contributed by atoms with van der Waals surface area (Å²) in [4.78, 5) is 0. The summed E-state index contributed by atoms with van der Waals surface area (Å²) < 4.78 is 71.6. The van der Waals surface area contributed by atoms with Crippen molar-refractivity contribution in [3.8, 4) is 5.75 Å². The minimum atomic E-state index is -1.68. The highest BCUT2D eigenvalue weighted by Gasteiger charge is 2.23. The largest absolute Gasteiger partial charge is 0.497 e. The van der Waals surface area contributed by atoms with Gasteiger partial charge >= 0.3 is 0 Å². The van der Waals surface area contributed by atoms with Gasteiger partial charge in [-0.1, -0.05) is 0 Å². The number of hydrogen-bond donors (Lipinski definition) is 0. The van der Waals surface area contributed by atoms with Crippen LogP contribution in [0.2, 0.25) is 0 Å². The van der Waals surface area contributed by atoms with E-state index in [1.807, 2.05) is 0 Å². The van der Waals surface area contributed by atoms with Crippen LogP contribution in [0.1, 0.15) is 16.5 Å². The SMILES string of the molecule is COc1cc(F)c(C(Cl)c2cc(F)c(F)c(F)c2)c(F)c1. The molecule has 0 radical (unpaired) electrons. The van der Waals surface area contributed by atoms with Crippen LogP contribution in [0.5, 0.6) is 5.75 Å². The second-order valence-electron chi connectivity index (χ2n) is 4.17. The van der Waals surface area contributed by atoms with Gasteiger partial charge in [-0.25, -0.2) is 22.0 Å². The van der Waals surface area contributed by atoms with E-state index in [1.54, 1.807) is 0 Å². The molecule has 21 heavy (non-hydrogen) atoms. The molecule has 0 amide bonds. The minimum absolute atomic E-state index is 0.0749. The van der Waals surface area contributed by atoms with E-state index in [9.17, 15) is 22.0 Å². The lowest BCUT2D eigenvalue weighted by atomic mass is 10.0. The molecule has 2 aromatic carbocycles. The molecule has 7 heteroatoms. The Kier molecular flexibility index (Phi) is 4.37. The summed E-state index contributed by atoms with van der Waals surface area (Å²) >= 11 is 5.86. The molecule has 0 aromatic heterocycles. The molecule has 0 saturated carbocycles. The van der Waals surface area contributed by atoms with Gasteiger partial charge < -0.3 is 4.74 Å². The highest BCUT2D eigenvalue weighted by atomic mass is 35.5. The molecule has 0 saturated heterocycles. The summed E-state index contributed by atoms with van der Waals surface area (Å²) in [5, 5.41) is -1.53. The fraction of sp³-hybridized carbons (Fsp3) is 0.143. The highest BCUT2D eigenvalue weighted by molar-refractivity contribution is 6.22. The number of rotatable bonds is 3. The van der Waals surface area contributed by atoms with E-state index < -0.39 is 40.0 Å². The second kappa shape index (κ2) is 5.89. The minimum Gasteiger partial charge on any atom is -0.497 e. The maximum absolute atomic E-state index is 13.8. The predicted octanol–water partition coefficient (Wildman–Crippen LogP) is 4.72. The van der Waals surface area contributed by atoms with Crippen molar-refractivity contribution in [1.29, 1.82) is 0 Å². The Morgan fingerprint density at radius 3 is 1.76 bits per heavy atom. The normalized spacial score (nSPS) is 12.3. The standard InChI is InChI=1S/C14H8ClF5O/c1-21-7-4-8(16)12(9(17)5-7)13(15)6-2-10(18)14(20)11(19)3-6/h2-5,13H,1H3. The van der Waals surface area contributed by atoms with Gasteiger partial charge in [-0.3, -0.25) is 0 Å². The average molecular weight is 323 g/mol. The van der Waals surface area contributed by atoms with Crippen LogP contribution in [0.25, 0.3) is 0 Å². The quantitative estimate of drug-likeness (QED) is 0.451. The fourth-order valence-electron chi connectivity index (χ4n) is 1.81. The third-order valence-corrected chi connectivity index (χ3v) is 3.31. The predicted molar refractivity (Wildman–Crippen MR) is 66.9 cm³/mol. The first-order valence-corrected chi connectivity index (χ1v) is 6.10. The number of ether oxygens (including phenoxy) is 1. The van der Waals surface area contributed by atoms with Gasteiger partial charge in [-0.05, 0) is 17.7 Å². The van der Waals surface area contributed by atoms with Crippen LogP contribution in [0, 0.1) is 29.1 Å². The second-order valence-corrected chi connectivity index (χ2v) is 4.60. The number of alkyl halides is 1. The first kappa shape index (κ1) is 15.6. The molecule has 0 aliphatic rings. The molecule has 1 nitrogen and oxygen atoms in total. The van der Waals surface area contributed by atoms with Crippen LogP contribution < -0.4 is 4.74 Å². The van der Waals surface area contributed by atoms with Gasteiger partial charge in [0.2, 0.25) is 0 Å². The Morgan fingerprint density at radius 1 is 0.857 bits per heavy atom. The maximum Gasteiger partial charge on any atom is 0.194 e. The zero-order valence-electron chi connectivity index (χ0n) is 10.6. The van der Waals surface area contributed by atoms with E-state index in [0.717, 1.165) is 12.1 Å². The number of halogens is 6. The van der Waals surface area contributed by atoms with Crippen LogP contribution in [0.4, 0.5) is 22.0 Å². The molecule has 0 fully saturated rings. The lowest BCUT2D eigenvalue weighted by molar-refractivity contribution is 0.405. The molecule has 0 aliphatic heterocycles. The summed E-state index contributed by atoms with van der Waals surface area (Å²) in [6.07, 6.45) is 0. The number of methoxy groups -OCH3 is 1.